The summed E-state index contributed by atoms with van der Waals surface area (Å²) in [5.41, 5.74) is 5.50. The summed E-state index contributed by atoms with van der Waals surface area (Å²) in [5, 5.41) is 11.5. The lowest BCUT2D eigenvalue weighted by atomic mass is 10.4. The van der Waals surface area contributed by atoms with Crippen molar-refractivity contribution in [1.82, 2.24) is 5.32 Å². The van der Waals surface area contributed by atoms with Crippen molar-refractivity contribution < 1.29 is 14.6 Å². The first kappa shape index (κ1) is 14.5. The van der Waals surface area contributed by atoms with Crippen molar-refractivity contribution in [3.8, 4) is 0 Å². The van der Waals surface area contributed by atoms with Gasteiger partial charge in [-0.25, -0.2) is 0 Å². The van der Waals surface area contributed by atoms with Gasteiger partial charge in [0.15, 0.2) is 0 Å². The van der Waals surface area contributed by atoms with Crippen molar-refractivity contribution in [2.24, 2.45) is 5.73 Å². The molecule has 0 aliphatic rings. The van der Waals surface area contributed by atoms with E-state index in [1.807, 2.05) is 0 Å². The first-order valence-corrected chi connectivity index (χ1v) is 5.17. The Hall–Kier alpha value is -0.460. The van der Waals surface area contributed by atoms with Crippen molar-refractivity contribution in [2.45, 2.75) is 6.10 Å². The van der Waals surface area contributed by atoms with Gasteiger partial charge in [-0.1, -0.05) is 6.08 Å². The van der Waals surface area contributed by atoms with Crippen molar-refractivity contribution in [3.63, 3.8) is 0 Å². The van der Waals surface area contributed by atoms with Crippen LogP contribution in [0.1, 0.15) is 0 Å². The first-order valence-electron chi connectivity index (χ1n) is 5.17. The summed E-state index contributed by atoms with van der Waals surface area (Å²) >= 11 is 0. The molecule has 5 nitrogen and oxygen atoms in total. The Morgan fingerprint density at radius 3 is 2.87 bits per heavy atom. The van der Waals surface area contributed by atoms with Crippen molar-refractivity contribution >= 4 is 0 Å². The standard InChI is InChI=1S/C10H22N2O3/c1-2-6-14-9-10(8-11)15-7-4-12-3-5-13/h2,10,12-13H,1,3-9,11H2. The molecule has 0 aliphatic carbocycles. The molecular formula is C10H22N2O3. The number of nitrogens with one attached hydrogen (secondary N) is 1. The Balaban J connectivity index is 3.31. The summed E-state index contributed by atoms with van der Waals surface area (Å²) in [6, 6.07) is 0. The zero-order chi connectivity index (χ0) is 11.4. The largest absolute Gasteiger partial charge is 0.395 e. The van der Waals surface area contributed by atoms with Gasteiger partial charge in [0.05, 0.1) is 32.5 Å². The number of nitrogens with two attached hydrogens (primary N) is 1. The van der Waals surface area contributed by atoms with Crippen LogP contribution in [0, 0.1) is 0 Å². The number of rotatable bonds is 11. The monoisotopic (exact) mass is 218 g/mol. The van der Waals surface area contributed by atoms with Gasteiger partial charge < -0.3 is 25.6 Å². The third-order valence-corrected chi connectivity index (χ3v) is 1.72. The lowest BCUT2D eigenvalue weighted by Gasteiger charge is -2.15. The highest BCUT2D eigenvalue weighted by Crippen LogP contribution is 1.91. The van der Waals surface area contributed by atoms with E-state index in [4.69, 9.17) is 20.3 Å². The molecule has 5 heteroatoms. The van der Waals surface area contributed by atoms with E-state index in [0.717, 1.165) is 0 Å². The fourth-order valence-corrected chi connectivity index (χ4v) is 0.969. The van der Waals surface area contributed by atoms with Gasteiger partial charge in [0, 0.05) is 19.6 Å². The zero-order valence-electron chi connectivity index (χ0n) is 9.15. The van der Waals surface area contributed by atoms with Crippen LogP contribution in [0.5, 0.6) is 0 Å². The smallest absolute Gasteiger partial charge is 0.0931 e. The molecule has 0 aromatic rings. The van der Waals surface area contributed by atoms with Crippen LogP contribution in [0.2, 0.25) is 0 Å². The van der Waals surface area contributed by atoms with Gasteiger partial charge in [0.1, 0.15) is 0 Å². The number of ether oxygens (including phenoxy) is 2. The van der Waals surface area contributed by atoms with E-state index >= 15 is 0 Å². The van der Waals surface area contributed by atoms with E-state index in [0.29, 0.717) is 39.5 Å². The molecule has 15 heavy (non-hydrogen) atoms. The van der Waals surface area contributed by atoms with E-state index in [-0.39, 0.29) is 12.7 Å². The topological polar surface area (TPSA) is 76.7 Å². The summed E-state index contributed by atoms with van der Waals surface area (Å²) in [6.45, 7) is 7.00. The molecule has 0 amide bonds. The second kappa shape index (κ2) is 11.6. The first-order chi connectivity index (χ1) is 7.35. The van der Waals surface area contributed by atoms with Crippen LogP contribution >= 0.6 is 0 Å². The Morgan fingerprint density at radius 1 is 1.47 bits per heavy atom. The lowest BCUT2D eigenvalue weighted by Crippen LogP contribution is -2.32. The summed E-state index contributed by atoms with van der Waals surface area (Å²) in [5.74, 6) is 0. The van der Waals surface area contributed by atoms with Crippen LogP contribution in [0.25, 0.3) is 0 Å². The van der Waals surface area contributed by atoms with Crippen LogP contribution in [-0.2, 0) is 9.47 Å². The SMILES string of the molecule is C=CCOCC(CN)OCCNCCO. The molecule has 0 aliphatic heterocycles. The minimum atomic E-state index is -0.0686. The Morgan fingerprint density at radius 2 is 2.27 bits per heavy atom. The van der Waals surface area contributed by atoms with E-state index in [2.05, 4.69) is 11.9 Å². The fraction of sp³-hybridized carbons (Fsp3) is 0.800. The van der Waals surface area contributed by atoms with Crippen molar-refractivity contribution in [3.05, 3.63) is 12.7 Å². The molecule has 1 unspecified atom stereocenters. The summed E-state index contributed by atoms with van der Waals surface area (Å²) in [6.07, 6.45) is 1.62. The molecule has 90 valence electrons. The third kappa shape index (κ3) is 9.84. The maximum absolute atomic E-state index is 8.51. The summed E-state index contributed by atoms with van der Waals surface area (Å²) in [4.78, 5) is 0. The van der Waals surface area contributed by atoms with Crippen LogP contribution in [0.4, 0.5) is 0 Å². The number of aliphatic hydroxyl groups is 1. The second-order valence-electron chi connectivity index (χ2n) is 3.03. The van der Waals surface area contributed by atoms with E-state index in [9.17, 15) is 0 Å². The highest BCUT2D eigenvalue weighted by Gasteiger charge is 2.05. The van der Waals surface area contributed by atoms with Gasteiger partial charge >= 0.3 is 0 Å². The van der Waals surface area contributed by atoms with Crippen LogP contribution in [-0.4, -0.2) is 57.3 Å². The molecule has 0 fully saturated rings. The van der Waals surface area contributed by atoms with Gasteiger partial charge in [0.2, 0.25) is 0 Å². The molecule has 0 saturated carbocycles. The third-order valence-electron chi connectivity index (χ3n) is 1.72. The predicted molar refractivity (Wildman–Crippen MR) is 59.8 cm³/mol. The van der Waals surface area contributed by atoms with Gasteiger partial charge in [-0.15, -0.1) is 6.58 Å². The molecule has 4 N–H and O–H groups in total. The highest BCUT2D eigenvalue weighted by molar-refractivity contribution is 4.65. The molecule has 0 aromatic heterocycles. The second-order valence-corrected chi connectivity index (χ2v) is 3.03. The molecule has 0 aromatic carbocycles. The van der Waals surface area contributed by atoms with E-state index < -0.39 is 0 Å². The Kier molecular flexibility index (Phi) is 11.3. The predicted octanol–water partition coefficient (Wildman–Crippen LogP) is -0.885. The minimum absolute atomic E-state index is 0.0686. The number of hydrogen-bond donors (Lipinski definition) is 3. The number of hydrogen-bond acceptors (Lipinski definition) is 5. The van der Waals surface area contributed by atoms with Crippen molar-refractivity contribution in [1.29, 1.82) is 0 Å². The lowest BCUT2D eigenvalue weighted by molar-refractivity contribution is -0.00337. The summed E-state index contributed by atoms with van der Waals surface area (Å²) < 4.78 is 10.7. The maximum atomic E-state index is 8.51. The van der Waals surface area contributed by atoms with Crippen LogP contribution in [0.3, 0.4) is 0 Å². The van der Waals surface area contributed by atoms with Gasteiger partial charge in [-0.2, -0.15) is 0 Å². The van der Waals surface area contributed by atoms with Crippen molar-refractivity contribution in [2.75, 3.05) is 46.1 Å². The number of aliphatic hydroxyl groups excluding tert-OH is 1. The van der Waals surface area contributed by atoms with E-state index in [1.54, 1.807) is 6.08 Å². The maximum Gasteiger partial charge on any atom is 0.0931 e. The minimum Gasteiger partial charge on any atom is -0.395 e. The van der Waals surface area contributed by atoms with Gasteiger partial charge in [0.25, 0.3) is 0 Å². The van der Waals surface area contributed by atoms with Crippen LogP contribution < -0.4 is 11.1 Å². The van der Waals surface area contributed by atoms with Gasteiger partial charge in [-0.3, -0.25) is 0 Å². The molecule has 0 rings (SSSR count). The van der Waals surface area contributed by atoms with Gasteiger partial charge in [-0.05, 0) is 0 Å². The average Bonchev–Trinajstić information content (AvgIpc) is 2.26. The average molecular weight is 218 g/mol. The molecule has 0 spiro atoms. The molecule has 0 bridgehead atoms. The molecule has 1 atom stereocenters. The molecule has 0 saturated heterocycles. The summed E-state index contributed by atoms with van der Waals surface area (Å²) in [7, 11) is 0. The molecular weight excluding hydrogens is 196 g/mol. The fourth-order valence-electron chi connectivity index (χ4n) is 0.969. The normalized spacial score (nSPS) is 12.7. The van der Waals surface area contributed by atoms with E-state index in [1.165, 1.54) is 0 Å². The Labute approximate surface area is 91.2 Å². The molecule has 0 radical (unpaired) electrons. The quantitative estimate of drug-likeness (QED) is 0.310. The Bertz CT molecular complexity index is 145. The van der Waals surface area contributed by atoms with Crippen LogP contribution in [0.15, 0.2) is 12.7 Å². The molecule has 0 heterocycles. The highest BCUT2D eigenvalue weighted by atomic mass is 16.5. The zero-order valence-corrected chi connectivity index (χ0v) is 9.15.